The van der Waals surface area contributed by atoms with E-state index in [0.717, 1.165) is 12.8 Å². The van der Waals surface area contributed by atoms with Crippen molar-refractivity contribution in [2.24, 2.45) is 5.92 Å². The Kier molecular flexibility index (Phi) is 3.24. The molecule has 0 radical (unpaired) electrons. The van der Waals surface area contributed by atoms with Crippen LogP contribution in [0.2, 0.25) is 0 Å². The Balaban J connectivity index is 2.34. The van der Waals surface area contributed by atoms with E-state index in [9.17, 15) is 8.78 Å². The van der Waals surface area contributed by atoms with Crippen molar-refractivity contribution in [3.8, 4) is 0 Å². The highest BCUT2D eigenvalue weighted by Gasteiger charge is 2.28. The summed E-state index contributed by atoms with van der Waals surface area (Å²) in [7, 11) is 0. The minimum absolute atomic E-state index is 0.0590. The third kappa shape index (κ3) is 2.40. The Morgan fingerprint density at radius 3 is 2.82 bits per heavy atom. The van der Waals surface area contributed by atoms with Crippen LogP contribution in [0.4, 0.5) is 8.78 Å². The minimum atomic E-state index is -0.987. The van der Waals surface area contributed by atoms with Crippen molar-refractivity contribution in [2.75, 3.05) is 6.54 Å². The molecule has 3 unspecified atom stereocenters. The van der Waals surface area contributed by atoms with Crippen molar-refractivity contribution in [3.05, 3.63) is 0 Å². The van der Waals surface area contributed by atoms with E-state index in [0.29, 0.717) is 6.42 Å². The summed E-state index contributed by atoms with van der Waals surface area (Å²) in [6, 6.07) is 0. The van der Waals surface area contributed by atoms with Gasteiger partial charge >= 0.3 is 0 Å². The van der Waals surface area contributed by atoms with Gasteiger partial charge in [-0.05, 0) is 18.8 Å². The predicted molar refractivity (Wildman–Crippen MR) is 40.8 cm³/mol. The van der Waals surface area contributed by atoms with Crippen molar-refractivity contribution in [1.29, 1.82) is 0 Å². The zero-order valence-corrected chi connectivity index (χ0v) is 6.82. The summed E-state index contributed by atoms with van der Waals surface area (Å²) in [6.07, 6.45) is 0.260. The first kappa shape index (κ1) is 8.91. The Labute approximate surface area is 66.2 Å². The van der Waals surface area contributed by atoms with Gasteiger partial charge in [0.15, 0.2) is 6.30 Å². The van der Waals surface area contributed by atoms with E-state index >= 15 is 0 Å². The van der Waals surface area contributed by atoms with Gasteiger partial charge in [-0.25, -0.2) is 8.78 Å². The Hall–Kier alpha value is -0.180. The molecule has 1 aliphatic heterocycles. The lowest BCUT2D eigenvalue weighted by Gasteiger charge is -2.28. The lowest BCUT2D eigenvalue weighted by Crippen LogP contribution is -2.42. The summed E-state index contributed by atoms with van der Waals surface area (Å²) < 4.78 is 25.6. The van der Waals surface area contributed by atoms with E-state index in [1.165, 1.54) is 0 Å². The van der Waals surface area contributed by atoms with Gasteiger partial charge in [0.1, 0.15) is 6.17 Å². The average molecular weight is 163 g/mol. The van der Waals surface area contributed by atoms with E-state index in [1.54, 1.807) is 0 Å². The summed E-state index contributed by atoms with van der Waals surface area (Å²) in [5.74, 6) is -0.0590. The van der Waals surface area contributed by atoms with Crippen LogP contribution in [0, 0.1) is 5.92 Å². The maximum atomic E-state index is 13.0. The van der Waals surface area contributed by atoms with Crippen LogP contribution < -0.4 is 5.32 Å². The first-order valence-electron chi connectivity index (χ1n) is 4.25. The standard InChI is InChI=1S/C8H15F2N/c1-2-3-6-4-8(10)11-5-7(6)9/h6-8,11H,2-5H2,1H3. The molecule has 0 spiro atoms. The molecule has 1 aliphatic rings. The summed E-state index contributed by atoms with van der Waals surface area (Å²) in [6.45, 7) is 2.19. The van der Waals surface area contributed by atoms with Gasteiger partial charge in [-0.1, -0.05) is 13.3 Å². The monoisotopic (exact) mass is 163 g/mol. The highest BCUT2D eigenvalue weighted by molar-refractivity contribution is 4.79. The Morgan fingerprint density at radius 2 is 2.18 bits per heavy atom. The van der Waals surface area contributed by atoms with Gasteiger partial charge in [-0.2, -0.15) is 0 Å². The molecule has 3 heteroatoms. The van der Waals surface area contributed by atoms with Gasteiger partial charge in [0.05, 0.1) is 0 Å². The second-order valence-corrected chi connectivity index (χ2v) is 3.18. The number of piperidine rings is 1. The van der Waals surface area contributed by atoms with Gasteiger partial charge in [0, 0.05) is 6.54 Å². The molecule has 1 N–H and O–H groups in total. The lowest BCUT2D eigenvalue weighted by molar-refractivity contribution is 0.0904. The van der Waals surface area contributed by atoms with Gasteiger partial charge < -0.3 is 0 Å². The fraction of sp³-hybridized carbons (Fsp3) is 1.00. The average Bonchev–Trinajstić information content (AvgIpc) is 1.98. The molecule has 0 bridgehead atoms. The van der Waals surface area contributed by atoms with Crippen LogP contribution in [0.25, 0.3) is 0 Å². The molecule has 3 atom stereocenters. The quantitative estimate of drug-likeness (QED) is 0.614. The van der Waals surface area contributed by atoms with Crippen LogP contribution >= 0.6 is 0 Å². The molecule has 0 aliphatic carbocycles. The van der Waals surface area contributed by atoms with E-state index in [1.807, 2.05) is 6.92 Å². The van der Waals surface area contributed by atoms with E-state index in [4.69, 9.17) is 0 Å². The molecular formula is C8H15F2N. The van der Waals surface area contributed by atoms with Gasteiger partial charge in [-0.3, -0.25) is 5.32 Å². The molecule has 0 aromatic rings. The zero-order valence-electron chi connectivity index (χ0n) is 6.82. The predicted octanol–water partition coefficient (Wildman–Crippen LogP) is 2.03. The fourth-order valence-corrected chi connectivity index (χ4v) is 1.57. The summed E-state index contributed by atoms with van der Waals surface area (Å²) >= 11 is 0. The van der Waals surface area contributed by atoms with E-state index in [2.05, 4.69) is 5.32 Å². The minimum Gasteiger partial charge on any atom is -0.285 e. The highest BCUT2D eigenvalue weighted by atomic mass is 19.1. The summed E-state index contributed by atoms with van der Waals surface area (Å²) in [5.41, 5.74) is 0. The normalized spacial score (nSPS) is 39.0. The summed E-state index contributed by atoms with van der Waals surface area (Å²) in [5, 5.41) is 2.48. The summed E-state index contributed by atoms with van der Waals surface area (Å²) in [4.78, 5) is 0. The Morgan fingerprint density at radius 1 is 1.45 bits per heavy atom. The molecule has 0 aromatic heterocycles. The van der Waals surface area contributed by atoms with Gasteiger partial charge in [0.25, 0.3) is 0 Å². The van der Waals surface area contributed by atoms with Crippen LogP contribution in [0.3, 0.4) is 0 Å². The second-order valence-electron chi connectivity index (χ2n) is 3.18. The van der Waals surface area contributed by atoms with Crippen LogP contribution in [0.1, 0.15) is 26.2 Å². The van der Waals surface area contributed by atoms with Crippen molar-refractivity contribution in [1.82, 2.24) is 5.32 Å². The molecule has 11 heavy (non-hydrogen) atoms. The van der Waals surface area contributed by atoms with Crippen molar-refractivity contribution >= 4 is 0 Å². The topological polar surface area (TPSA) is 12.0 Å². The third-order valence-electron chi connectivity index (χ3n) is 2.22. The molecule has 1 saturated heterocycles. The van der Waals surface area contributed by atoms with E-state index < -0.39 is 12.5 Å². The van der Waals surface area contributed by atoms with Crippen LogP contribution in [-0.4, -0.2) is 19.0 Å². The molecule has 1 nitrogen and oxygen atoms in total. The van der Waals surface area contributed by atoms with Crippen molar-refractivity contribution in [2.45, 2.75) is 38.7 Å². The van der Waals surface area contributed by atoms with E-state index in [-0.39, 0.29) is 12.5 Å². The number of rotatable bonds is 2. The number of alkyl halides is 2. The molecule has 0 amide bonds. The second kappa shape index (κ2) is 4.00. The first-order chi connectivity index (χ1) is 5.24. The van der Waals surface area contributed by atoms with Gasteiger partial charge in [-0.15, -0.1) is 0 Å². The lowest BCUT2D eigenvalue weighted by atomic mass is 9.91. The molecular weight excluding hydrogens is 148 g/mol. The smallest absolute Gasteiger partial charge is 0.151 e. The van der Waals surface area contributed by atoms with Gasteiger partial charge in [0.2, 0.25) is 0 Å². The third-order valence-corrected chi connectivity index (χ3v) is 2.22. The Bertz CT molecular complexity index is 119. The maximum absolute atomic E-state index is 13.0. The number of hydrogen-bond acceptors (Lipinski definition) is 1. The molecule has 1 heterocycles. The van der Waals surface area contributed by atoms with Crippen LogP contribution in [0.5, 0.6) is 0 Å². The largest absolute Gasteiger partial charge is 0.285 e. The molecule has 1 fully saturated rings. The molecule has 0 aromatic carbocycles. The fourth-order valence-electron chi connectivity index (χ4n) is 1.57. The van der Waals surface area contributed by atoms with Crippen LogP contribution in [-0.2, 0) is 0 Å². The molecule has 66 valence electrons. The first-order valence-corrected chi connectivity index (χ1v) is 4.25. The van der Waals surface area contributed by atoms with Crippen molar-refractivity contribution < 1.29 is 8.78 Å². The maximum Gasteiger partial charge on any atom is 0.151 e. The zero-order chi connectivity index (χ0) is 8.27. The number of halogens is 2. The van der Waals surface area contributed by atoms with Crippen LogP contribution in [0.15, 0.2) is 0 Å². The number of nitrogens with one attached hydrogen (secondary N) is 1. The SMILES string of the molecule is CCCC1CC(F)NCC1F. The number of hydrogen-bond donors (Lipinski definition) is 1. The van der Waals surface area contributed by atoms with Crippen molar-refractivity contribution in [3.63, 3.8) is 0 Å². The molecule has 0 saturated carbocycles. The highest BCUT2D eigenvalue weighted by Crippen LogP contribution is 2.24. The molecule has 1 rings (SSSR count).